The van der Waals surface area contributed by atoms with Gasteiger partial charge in [0, 0.05) is 11.6 Å². The van der Waals surface area contributed by atoms with Gasteiger partial charge >= 0.3 is 0 Å². The zero-order valence-electron chi connectivity index (χ0n) is 15.6. The first-order chi connectivity index (χ1) is 12.4. The van der Waals surface area contributed by atoms with Crippen LogP contribution in [-0.4, -0.2) is 16.7 Å². The molecule has 4 heteroatoms. The van der Waals surface area contributed by atoms with E-state index in [1.54, 1.807) is 0 Å². The van der Waals surface area contributed by atoms with Crippen LogP contribution in [0.3, 0.4) is 0 Å². The Kier molecular flexibility index (Phi) is 5.31. The maximum atomic E-state index is 10.8. The Morgan fingerprint density at radius 3 is 2.58 bits per heavy atom. The van der Waals surface area contributed by atoms with Crippen LogP contribution in [0.25, 0.3) is 0 Å². The van der Waals surface area contributed by atoms with E-state index in [4.69, 9.17) is 4.74 Å². The molecule has 2 aromatic carbocycles. The van der Waals surface area contributed by atoms with Gasteiger partial charge in [0.2, 0.25) is 0 Å². The SMILES string of the molecule is CC(C)(C)N[C@@H]1CCc2c(ccc(OCc3ccccc3)c2C#N)[C@@H]1O. The van der Waals surface area contributed by atoms with Crippen LogP contribution >= 0.6 is 0 Å². The van der Waals surface area contributed by atoms with E-state index in [9.17, 15) is 10.4 Å². The molecule has 0 bridgehead atoms. The highest BCUT2D eigenvalue weighted by atomic mass is 16.5. The highest BCUT2D eigenvalue weighted by molar-refractivity contribution is 5.54. The molecule has 0 radical (unpaired) electrons. The monoisotopic (exact) mass is 350 g/mol. The van der Waals surface area contributed by atoms with Gasteiger partial charge in [-0.3, -0.25) is 0 Å². The van der Waals surface area contributed by atoms with Crippen LogP contribution in [0.1, 0.15) is 55.5 Å². The summed E-state index contributed by atoms with van der Waals surface area (Å²) in [4.78, 5) is 0. The molecule has 0 saturated heterocycles. The van der Waals surface area contributed by atoms with Gasteiger partial charge in [0.15, 0.2) is 0 Å². The van der Waals surface area contributed by atoms with Gasteiger partial charge in [-0.25, -0.2) is 0 Å². The quantitative estimate of drug-likeness (QED) is 0.878. The number of fused-ring (bicyclic) bond motifs is 1. The van der Waals surface area contributed by atoms with Crippen molar-refractivity contribution in [3.8, 4) is 11.8 Å². The number of rotatable bonds is 4. The lowest BCUT2D eigenvalue weighted by atomic mass is 9.82. The van der Waals surface area contributed by atoms with Crippen LogP contribution in [0, 0.1) is 11.3 Å². The topological polar surface area (TPSA) is 65.3 Å². The number of aliphatic hydroxyl groups is 1. The Bertz CT molecular complexity index is 803. The van der Waals surface area contributed by atoms with Crippen LogP contribution in [0.4, 0.5) is 0 Å². The first-order valence-corrected chi connectivity index (χ1v) is 9.07. The van der Waals surface area contributed by atoms with Gasteiger partial charge in [0.1, 0.15) is 18.4 Å². The highest BCUT2D eigenvalue weighted by Gasteiger charge is 2.32. The molecule has 0 saturated carbocycles. The Labute approximate surface area is 155 Å². The average molecular weight is 350 g/mol. The Morgan fingerprint density at radius 1 is 1.19 bits per heavy atom. The zero-order valence-corrected chi connectivity index (χ0v) is 15.6. The van der Waals surface area contributed by atoms with Gasteiger partial charge in [-0.15, -0.1) is 0 Å². The number of nitriles is 1. The Hall–Kier alpha value is -2.35. The van der Waals surface area contributed by atoms with E-state index in [0.29, 0.717) is 17.9 Å². The van der Waals surface area contributed by atoms with Crippen molar-refractivity contribution in [3.05, 3.63) is 64.7 Å². The number of aliphatic hydroxyl groups excluding tert-OH is 1. The maximum absolute atomic E-state index is 10.8. The molecule has 0 unspecified atom stereocenters. The van der Waals surface area contributed by atoms with Gasteiger partial charge in [-0.05, 0) is 56.4 Å². The molecule has 1 aliphatic carbocycles. The molecular weight excluding hydrogens is 324 g/mol. The van der Waals surface area contributed by atoms with Crippen LogP contribution in [0.2, 0.25) is 0 Å². The lowest BCUT2D eigenvalue weighted by Crippen LogP contribution is -2.48. The smallest absolute Gasteiger partial charge is 0.137 e. The van der Waals surface area contributed by atoms with E-state index in [2.05, 4.69) is 32.2 Å². The summed E-state index contributed by atoms with van der Waals surface area (Å²) < 4.78 is 5.90. The third-order valence-electron chi connectivity index (χ3n) is 4.68. The summed E-state index contributed by atoms with van der Waals surface area (Å²) in [6.45, 7) is 6.70. The van der Waals surface area contributed by atoms with Crippen LogP contribution in [0.5, 0.6) is 5.75 Å². The second kappa shape index (κ2) is 7.49. The minimum atomic E-state index is -0.617. The zero-order chi connectivity index (χ0) is 18.7. The molecule has 4 nitrogen and oxygen atoms in total. The van der Waals surface area contributed by atoms with Gasteiger partial charge < -0.3 is 15.2 Å². The minimum Gasteiger partial charge on any atom is -0.488 e. The Balaban J connectivity index is 1.83. The number of nitrogens with zero attached hydrogens (tertiary/aromatic N) is 1. The molecular formula is C22H26N2O2. The number of hydrogen-bond donors (Lipinski definition) is 2. The van der Waals surface area contributed by atoms with E-state index in [1.165, 1.54) is 0 Å². The fourth-order valence-corrected chi connectivity index (χ4v) is 3.55. The summed E-state index contributed by atoms with van der Waals surface area (Å²) in [6, 6.07) is 15.9. The van der Waals surface area contributed by atoms with Crippen molar-refractivity contribution in [2.24, 2.45) is 0 Å². The van der Waals surface area contributed by atoms with E-state index in [1.807, 2.05) is 42.5 Å². The fraction of sp³-hybridized carbons (Fsp3) is 0.409. The molecule has 0 aromatic heterocycles. The number of ether oxygens (including phenoxy) is 1. The lowest BCUT2D eigenvalue weighted by Gasteiger charge is -2.36. The van der Waals surface area contributed by atoms with Crippen molar-refractivity contribution in [2.75, 3.05) is 0 Å². The first kappa shape index (κ1) is 18.4. The highest BCUT2D eigenvalue weighted by Crippen LogP contribution is 2.36. The number of nitrogens with one attached hydrogen (secondary N) is 1. The van der Waals surface area contributed by atoms with Crippen molar-refractivity contribution in [3.63, 3.8) is 0 Å². The predicted octanol–water partition coefficient (Wildman–Crippen LogP) is 3.87. The lowest BCUT2D eigenvalue weighted by molar-refractivity contribution is 0.0998. The van der Waals surface area contributed by atoms with E-state index in [0.717, 1.165) is 29.5 Å². The summed E-state index contributed by atoms with van der Waals surface area (Å²) in [7, 11) is 0. The van der Waals surface area contributed by atoms with Crippen LogP contribution in [-0.2, 0) is 13.0 Å². The van der Waals surface area contributed by atoms with Crippen molar-refractivity contribution < 1.29 is 9.84 Å². The van der Waals surface area contributed by atoms with Gasteiger partial charge in [-0.1, -0.05) is 36.4 Å². The summed E-state index contributed by atoms with van der Waals surface area (Å²) >= 11 is 0. The third-order valence-corrected chi connectivity index (χ3v) is 4.68. The maximum Gasteiger partial charge on any atom is 0.137 e. The second-order valence-electron chi connectivity index (χ2n) is 7.88. The van der Waals surface area contributed by atoms with Gasteiger partial charge in [0.05, 0.1) is 11.7 Å². The van der Waals surface area contributed by atoms with Crippen molar-refractivity contribution in [1.29, 1.82) is 5.26 Å². The molecule has 2 N–H and O–H groups in total. The summed E-state index contributed by atoms with van der Waals surface area (Å²) in [5, 5.41) is 24.0. The molecule has 2 aromatic rings. The van der Waals surface area contributed by atoms with Crippen LogP contribution in [0.15, 0.2) is 42.5 Å². The largest absolute Gasteiger partial charge is 0.488 e. The standard InChI is InChI=1S/C22H26N2O2/c1-22(2,3)24-19-11-9-16-17(21(19)25)10-12-20(18(16)13-23)26-14-15-7-5-4-6-8-15/h4-8,10,12,19,21,24-25H,9,11,14H2,1-3H3/t19-,21+/m1/s1. The van der Waals surface area contributed by atoms with Crippen molar-refractivity contribution in [2.45, 2.75) is 57.9 Å². The molecule has 1 aliphatic rings. The summed E-state index contributed by atoms with van der Waals surface area (Å²) in [5.74, 6) is 0.588. The molecule has 2 atom stereocenters. The van der Waals surface area contributed by atoms with Gasteiger partial charge in [-0.2, -0.15) is 5.26 Å². The Morgan fingerprint density at radius 2 is 1.92 bits per heavy atom. The first-order valence-electron chi connectivity index (χ1n) is 9.07. The molecule has 0 heterocycles. The van der Waals surface area contributed by atoms with E-state index >= 15 is 0 Å². The molecule has 0 aliphatic heterocycles. The predicted molar refractivity (Wildman–Crippen MR) is 102 cm³/mol. The summed E-state index contributed by atoms with van der Waals surface area (Å²) in [6.07, 6.45) is 0.932. The van der Waals surface area contributed by atoms with Crippen LogP contribution < -0.4 is 10.1 Å². The number of benzene rings is 2. The average Bonchev–Trinajstić information content (AvgIpc) is 2.61. The van der Waals surface area contributed by atoms with Crippen molar-refractivity contribution >= 4 is 0 Å². The molecule has 26 heavy (non-hydrogen) atoms. The molecule has 136 valence electrons. The third kappa shape index (κ3) is 4.07. The van der Waals surface area contributed by atoms with Gasteiger partial charge in [0.25, 0.3) is 0 Å². The van der Waals surface area contributed by atoms with Crippen molar-refractivity contribution in [1.82, 2.24) is 5.32 Å². The fourth-order valence-electron chi connectivity index (χ4n) is 3.55. The minimum absolute atomic E-state index is 0.00914. The molecule has 0 fully saturated rings. The molecule has 3 rings (SSSR count). The van der Waals surface area contributed by atoms with E-state index in [-0.39, 0.29) is 11.6 Å². The molecule has 0 amide bonds. The normalized spacial score (nSPS) is 19.5. The summed E-state index contributed by atoms with van der Waals surface area (Å²) in [5.41, 5.74) is 3.29. The van der Waals surface area contributed by atoms with E-state index < -0.39 is 6.10 Å². The molecule has 0 spiro atoms. The second-order valence-corrected chi connectivity index (χ2v) is 7.88. The number of hydrogen-bond acceptors (Lipinski definition) is 4.